The molecule has 0 aliphatic carbocycles. The van der Waals surface area contributed by atoms with Gasteiger partial charge in [0.05, 0.1) is 0 Å². The van der Waals surface area contributed by atoms with Crippen molar-refractivity contribution in [1.82, 2.24) is 15.1 Å². The van der Waals surface area contributed by atoms with Gasteiger partial charge in [0.1, 0.15) is 0 Å². The fourth-order valence-electron chi connectivity index (χ4n) is 1.07. The Morgan fingerprint density at radius 1 is 1.00 bits per heavy atom. The second kappa shape index (κ2) is 7.53. The smallest absolute Gasteiger partial charge is 0.0104 e. The number of hydrogen-bond donors (Lipinski definition) is 1. The molecule has 0 aromatic carbocycles. The molecule has 0 unspecified atom stereocenters. The number of nitrogens with one attached hydrogen (secondary N) is 1. The van der Waals surface area contributed by atoms with Crippen molar-refractivity contribution in [2.45, 2.75) is 6.42 Å². The molecule has 0 saturated carbocycles. The molecule has 0 spiro atoms. The second-order valence-corrected chi connectivity index (χ2v) is 3.56. The van der Waals surface area contributed by atoms with Crippen molar-refractivity contribution >= 4 is 0 Å². The molecule has 0 fully saturated rings. The van der Waals surface area contributed by atoms with Crippen molar-refractivity contribution in [3.63, 3.8) is 0 Å². The molecule has 0 aromatic rings. The Morgan fingerprint density at radius 3 is 2.17 bits per heavy atom. The third-order valence-electron chi connectivity index (χ3n) is 1.89. The first-order valence-corrected chi connectivity index (χ1v) is 4.64. The zero-order valence-electron chi connectivity index (χ0n) is 8.93. The lowest BCUT2D eigenvalue weighted by atomic mass is 10.3. The fourth-order valence-corrected chi connectivity index (χ4v) is 1.07. The predicted molar refractivity (Wildman–Crippen MR) is 54.6 cm³/mol. The number of rotatable bonds is 7. The van der Waals surface area contributed by atoms with Crippen LogP contribution in [0.25, 0.3) is 0 Å². The highest BCUT2D eigenvalue weighted by Crippen LogP contribution is 1.87. The van der Waals surface area contributed by atoms with Crippen LogP contribution in [0.15, 0.2) is 0 Å². The maximum Gasteiger partial charge on any atom is 0.0104 e. The molecule has 0 saturated heterocycles. The lowest BCUT2D eigenvalue weighted by Gasteiger charge is -2.17. The molecule has 0 radical (unpaired) electrons. The largest absolute Gasteiger partial charge is 0.318 e. The van der Waals surface area contributed by atoms with E-state index in [-0.39, 0.29) is 0 Å². The van der Waals surface area contributed by atoms with E-state index in [1.807, 2.05) is 7.05 Å². The minimum atomic E-state index is 1.08. The van der Waals surface area contributed by atoms with Gasteiger partial charge in [0.25, 0.3) is 0 Å². The Labute approximate surface area is 76.7 Å². The molecule has 0 aliphatic rings. The second-order valence-electron chi connectivity index (χ2n) is 3.56. The monoisotopic (exact) mass is 173 g/mol. The molecule has 0 heterocycles. The van der Waals surface area contributed by atoms with Crippen LogP contribution in [0, 0.1) is 0 Å². The van der Waals surface area contributed by atoms with Crippen LogP contribution >= 0.6 is 0 Å². The zero-order valence-corrected chi connectivity index (χ0v) is 8.93. The third kappa shape index (κ3) is 7.98. The van der Waals surface area contributed by atoms with Crippen molar-refractivity contribution < 1.29 is 0 Å². The van der Waals surface area contributed by atoms with E-state index < -0.39 is 0 Å². The molecule has 0 rings (SSSR count). The molecule has 0 amide bonds. The Balaban J connectivity index is 3.13. The average Bonchev–Trinajstić information content (AvgIpc) is 2.00. The first-order valence-electron chi connectivity index (χ1n) is 4.64. The van der Waals surface area contributed by atoms with Gasteiger partial charge in [-0.1, -0.05) is 0 Å². The van der Waals surface area contributed by atoms with Gasteiger partial charge in [0.15, 0.2) is 0 Å². The summed E-state index contributed by atoms with van der Waals surface area (Å²) >= 11 is 0. The van der Waals surface area contributed by atoms with Crippen LogP contribution < -0.4 is 5.32 Å². The summed E-state index contributed by atoms with van der Waals surface area (Å²) in [6.07, 6.45) is 1.26. The number of likely N-dealkylation sites (N-methyl/N-ethyl adjacent to an activating group) is 2. The van der Waals surface area contributed by atoms with Crippen LogP contribution in [0.4, 0.5) is 0 Å². The minimum Gasteiger partial charge on any atom is -0.318 e. The van der Waals surface area contributed by atoms with Crippen molar-refractivity contribution in [1.29, 1.82) is 0 Å². The molecule has 3 heteroatoms. The van der Waals surface area contributed by atoms with Gasteiger partial charge < -0.3 is 15.1 Å². The summed E-state index contributed by atoms with van der Waals surface area (Å²) in [5.41, 5.74) is 0. The highest BCUT2D eigenvalue weighted by molar-refractivity contribution is 4.54. The summed E-state index contributed by atoms with van der Waals surface area (Å²) < 4.78 is 0. The van der Waals surface area contributed by atoms with Crippen LogP contribution in [0.1, 0.15) is 6.42 Å². The summed E-state index contributed by atoms with van der Waals surface area (Å²) in [7, 11) is 8.40. The first kappa shape index (κ1) is 11.9. The summed E-state index contributed by atoms with van der Waals surface area (Å²) in [4.78, 5) is 4.59. The van der Waals surface area contributed by atoms with Gasteiger partial charge >= 0.3 is 0 Å². The van der Waals surface area contributed by atoms with E-state index in [1.165, 1.54) is 19.5 Å². The van der Waals surface area contributed by atoms with E-state index in [2.05, 4.69) is 36.3 Å². The molecule has 12 heavy (non-hydrogen) atoms. The van der Waals surface area contributed by atoms with Crippen molar-refractivity contribution in [2.24, 2.45) is 0 Å². The lowest BCUT2D eigenvalue weighted by Crippen LogP contribution is -2.29. The molecule has 74 valence electrons. The van der Waals surface area contributed by atoms with E-state index in [1.54, 1.807) is 0 Å². The van der Waals surface area contributed by atoms with E-state index in [9.17, 15) is 0 Å². The van der Waals surface area contributed by atoms with Gasteiger partial charge in [0.2, 0.25) is 0 Å². The number of hydrogen-bond acceptors (Lipinski definition) is 3. The molecule has 0 atom stereocenters. The fraction of sp³-hybridized carbons (Fsp3) is 1.00. The van der Waals surface area contributed by atoms with Crippen LogP contribution in [0.3, 0.4) is 0 Å². The van der Waals surface area contributed by atoms with E-state index in [4.69, 9.17) is 0 Å². The molecule has 0 aliphatic heterocycles. The summed E-state index contributed by atoms with van der Waals surface area (Å²) in [6, 6.07) is 0. The van der Waals surface area contributed by atoms with Crippen LogP contribution in [0.2, 0.25) is 0 Å². The standard InChI is InChI=1S/C9H23N3/c1-10-6-9-12(4)8-5-7-11(2)3/h10H,5-9H2,1-4H3. The van der Waals surface area contributed by atoms with Gasteiger partial charge in [-0.3, -0.25) is 0 Å². The molecule has 0 bridgehead atoms. The minimum absolute atomic E-state index is 1.08. The van der Waals surface area contributed by atoms with Gasteiger partial charge in [-0.2, -0.15) is 0 Å². The van der Waals surface area contributed by atoms with Gasteiger partial charge in [-0.15, -0.1) is 0 Å². The third-order valence-corrected chi connectivity index (χ3v) is 1.89. The highest BCUT2D eigenvalue weighted by Gasteiger charge is 1.96. The van der Waals surface area contributed by atoms with Crippen molar-refractivity contribution in [3.05, 3.63) is 0 Å². The maximum absolute atomic E-state index is 3.15. The SMILES string of the molecule is CNCCN(C)CCCN(C)C. The van der Waals surface area contributed by atoms with Gasteiger partial charge in [-0.05, 0) is 47.7 Å². The normalized spacial score (nSPS) is 11.5. The quantitative estimate of drug-likeness (QED) is 0.588. The van der Waals surface area contributed by atoms with Crippen LogP contribution in [0.5, 0.6) is 0 Å². The van der Waals surface area contributed by atoms with E-state index in [0.29, 0.717) is 0 Å². The van der Waals surface area contributed by atoms with Gasteiger partial charge in [-0.25, -0.2) is 0 Å². The average molecular weight is 173 g/mol. The van der Waals surface area contributed by atoms with Crippen molar-refractivity contribution in [2.75, 3.05) is 54.4 Å². The van der Waals surface area contributed by atoms with Crippen LogP contribution in [-0.4, -0.2) is 64.2 Å². The highest BCUT2D eigenvalue weighted by atomic mass is 15.1. The number of nitrogens with zero attached hydrogens (tertiary/aromatic N) is 2. The topological polar surface area (TPSA) is 18.5 Å². The van der Waals surface area contributed by atoms with E-state index in [0.717, 1.165) is 13.1 Å². The molecule has 3 nitrogen and oxygen atoms in total. The Kier molecular flexibility index (Phi) is 7.45. The molecule has 0 aromatic heterocycles. The zero-order chi connectivity index (χ0) is 9.40. The molecular formula is C9H23N3. The summed E-state index contributed by atoms with van der Waals surface area (Å²) in [5.74, 6) is 0. The Hall–Kier alpha value is -0.120. The first-order chi connectivity index (χ1) is 5.66. The maximum atomic E-state index is 3.15. The molecular weight excluding hydrogens is 150 g/mol. The Bertz CT molecular complexity index is 93.8. The Morgan fingerprint density at radius 2 is 1.67 bits per heavy atom. The predicted octanol–water partition coefficient (Wildman–Crippen LogP) is 0.0893. The van der Waals surface area contributed by atoms with Crippen molar-refractivity contribution in [3.8, 4) is 0 Å². The lowest BCUT2D eigenvalue weighted by molar-refractivity contribution is 0.301. The van der Waals surface area contributed by atoms with E-state index >= 15 is 0 Å². The summed E-state index contributed by atoms with van der Waals surface area (Å²) in [6.45, 7) is 4.60. The van der Waals surface area contributed by atoms with Gasteiger partial charge in [0, 0.05) is 13.1 Å². The van der Waals surface area contributed by atoms with Crippen LogP contribution in [-0.2, 0) is 0 Å². The molecule has 1 N–H and O–H groups in total. The summed E-state index contributed by atoms with van der Waals surface area (Å²) in [5, 5.41) is 3.15.